The fourth-order valence-corrected chi connectivity index (χ4v) is 4.43. The zero-order valence-electron chi connectivity index (χ0n) is 15.2. The third-order valence-electron chi connectivity index (χ3n) is 5.92. The molecule has 5 rings (SSSR count). The lowest BCUT2D eigenvalue weighted by Gasteiger charge is -2.31. The van der Waals surface area contributed by atoms with Crippen LogP contribution in [0.15, 0.2) is 39.4 Å². The van der Waals surface area contributed by atoms with Crippen molar-refractivity contribution in [1.29, 1.82) is 0 Å². The monoisotopic (exact) mass is 384 g/mol. The minimum absolute atomic E-state index is 0.325. The third kappa shape index (κ3) is 3.28. The van der Waals surface area contributed by atoms with Crippen molar-refractivity contribution >= 4 is 11.6 Å². The molecule has 2 aliphatic rings. The maximum absolute atomic E-state index is 6.06. The molecule has 2 aromatic heterocycles. The maximum Gasteiger partial charge on any atom is 0.230 e. The minimum atomic E-state index is 0.325. The summed E-state index contributed by atoms with van der Waals surface area (Å²) in [6.07, 6.45) is 3.44. The highest BCUT2D eigenvalue weighted by Gasteiger charge is 2.58. The number of nitrogens with zero attached hydrogens (tertiary/aromatic N) is 4. The number of rotatable bonds is 4. The fraction of sp³-hybridized carbons (Fsp3) is 0.450. The van der Waals surface area contributed by atoms with E-state index >= 15 is 0 Å². The Morgan fingerprint density at radius 1 is 1.19 bits per heavy atom. The number of hydrogen-bond donors (Lipinski definition) is 0. The second-order valence-corrected chi connectivity index (χ2v) is 8.23. The predicted octanol–water partition coefficient (Wildman–Crippen LogP) is 4.46. The molecule has 1 saturated heterocycles. The van der Waals surface area contributed by atoms with Crippen molar-refractivity contribution in [1.82, 2.24) is 20.2 Å². The van der Waals surface area contributed by atoms with Crippen molar-refractivity contribution in [3.63, 3.8) is 0 Å². The molecule has 7 heteroatoms. The molecule has 1 atom stereocenters. The van der Waals surface area contributed by atoms with E-state index in [1.807, 2.05) is 37.3 Å². The molecular weight excluding hydrogens is 364 g/mol. The minimum Gasteiger partial charge on any atom is -0.360 e. The van der Waals surface area contributed by atoms with Crippen molar-refractivity contribution in [2.45, 2.75) is 38.6 Å². The molecule has 0 radical (unpaired) electrons. The third-order valence-corrected chi connectivity index (χ3v) is 6.16. The van der Waals surface area contributed by atoms with E-state index in [2.05, 4.69) is 20.2 Å². The van der Waals surface area contributed by atoms with Crippen LogP contribution in [0.4, 0.5) is 0 Å². The zero-order chi connectivity index (χ0) is 18.4. The normalized spacial score (nSPS) is 21.6. The molecule has 2 fully saturated rings. The Morgan fingerprint density at radius 3 is 2.78 bits per heavy atom. The number of halogens is 1. The molecule has 0 N–H and O–H groups in total. The number of benzene rings is 1. The van der Waals surface area contributed by atoms with Gasteiger partial charge in [0.15, 0.2) is 5.76 Å². The Morgan fingerprint density at radius 2 is 2.04 bits per heavy atom. The van der Waals surface area contributed by atoms with Crippen LogP contribution in [-0.2, 0) is 6.54 Å². The van der Waals surface area contributed by atoms with Crippen LogP contribution in [0.5, 0.6) is 0 Å². The van der Waals surface area contributed by atoms with Crippen LogP contribution in [0.3, 0.4) is 0 Å². The summed E-state index contributed by atoms with van der Waals surface area (Å²) in [5.74, 6) is 2.71. The molecule has 6 nitrogen and oxygen atoms in total. The summed E-state index contributed by atoms with van der Waals surface area (Å²) in [6, 6.07) is 9.57. The quantitative estimate of drug-likeness (QED) is 0.661. The van der Waals surface area contributed by atoms with Gasteiger partial charge in [0.05, 0.1) is 12.2 Å². The van der Waals surface area contributed by atoms with Crippen molar-refractivity contribution in [3.8, 4) is 11.4 Å². The molecule has 27 heavy (non-hydrogen) atoms. The van der Waals surface area contributed by atoms with Crippen molar-refractivity contribution in [3.05, 3.63) is 52.7 Å². The molecular formula is C20H21ClN4O2. The Bertz CT molecular complexity index is 958. The lowest BCUT2D eigenvalue weighted by molar-refractivity contribution is 0.146. The van der Waals surface area contributed by atoms with E-state index < -0.39 is 0 Å². The van der Waals surface area contributed by atoms with E-state index in [0.717, 1.165) is 61.8 Å². The average Bonchev–Trinajstić information content (AvgIpc) is 2.99. The fourth-order valence-electron chi connectivity index (χ4n) is 4.24. The van der Waals surface area contributed by atoms with Crippen LogP contribution in [0, 0.1) is 12.3 Å². The number of likely N-dealkylation sites (tertiary alicyclic amines) is 1. The molecule has 1 aliphatic heterocycles. The zero-order valence-corrected chi connectivity index (χ0v) is 15.9. The van der Waals surface area contributed by atoms with Gasteiger partial charge in [-0.05, 0) is 56.8 Å². The van der Waals surface area contributed by atoms with Gasteiger partial charge in [-0.25, -0.2) is 0 Å². The molecule has 0 amide bonds. The van der Waals surface area contributed by atoms with Gasteiger partial charge in [0, 0.05) is 22.6 Å². The molecule has 1 spiro atoms. The van der Waals surface area contributed by atoms with Gasteiger partial charge in [0.25, 0.3) is 0 Å². The van der Waals surface area contributed by atoms with Crippen LogP contribution in [0.1, 0.15) is 42.5 Å². The molecule has 1 aliphatic carbocycles. The molecule has 3 heterocycles. The summed E-state index contributed by atoms with van der Waals surface area (Å²) >= 11 is 6.06. The Kier molecular flexibility index (Phi) is 4.06. The first-order valence-corrected chi connectivity index (χ1v) is 9.73. The number of aromatic nitrogens is 3. The van der Waals surface area contributed by atoms with Gasteiger partial charge in [-0.3, -0.25) is 4.90 Å². The Balaban J connectivity index is 1.22. The van der Waals surface area contributed by atoms with E-state index in [9.17, 15) is 0 Å². The summed E-state index contributed by atoms with van der Waals surface area (Å²) in [4.78, 5) is 7.09. The van der Waals surface area contributed by atoms with Crippen molar-refractivity contribution in [2.24, 2.45) is 5.41 Å². The first-order valence-electron chi connectivity index (χ1n) is 9.35. The van der Waals surface area contributed by atoms with Gasteiger partial charge < -0.3 is 9.05 Å². The lowest BCUT2D eigenvalue weighted by Crippen LogP contribution is -2.34. The molecule has 140 valence electrons. The highest BCUT2D eigenvalue weighted by molar-refractivity contribution is 6.30. The first kappa shape index (κ1) is 17.0. The second kappa shape index (κ2) is 6.46. The van der Waals surface area contributed by atoms with Crippen LogP contribution in [0.2, 0.25) is 5.02 Å². The smallest absolute Gasteiger partial charge is 0.230 e. The van der Waals surface area contributed by atoms with Gasteiger partial charge in [0.2, 0.25) is 11.7 Å². The summed E-state index contributed by atoms with van der Waals surface area (Å²) < 4.78 is 10.9. The van der Waals surface area contributed by atoms with Gasteiger partial charge in [-0.1, -0.05) is 34.0 Å². The SMILES string of the molecule is Cc1cc(CN2CCC3(CC2)CC3c2nc(-c3cccc(Cl)c3)no2)on1. The van der Waals surface area contributed by atoms with Crippen LogP contribution in [0.25, 0.3) is 11.4 Å². The van der Waals surface area contributed by atoms with Crippen molar-refractivity contribution < 1.29 is 9.05 Å². The number of hydrogen-bond acceptors (Lipinski definition) is 6. The molecule has 1 aromatic carbocycles. The van der Waals surface area contributed by atoms with Crippen LogP contribution in [-0.4, -0.2) is 33.3 Å². The summed E-state index contributed by atoms with van der Waals surface area (Å²) in [5.41, 5.74) is 2.16. The van der Waals surface area contributed by atoms with E-state index in [1.54, 1.807) is 0 Å². The summed E-state index contributed by atoms with van der Waals surface area (Å²) in [5, 5.41) is 8.81. The highest BCUT2D eigenvalue weighted by atomic mass is 35.5. The lowest BCUT2D eigenvalue weighted by atomic mass is 9.90. The highest BCUT2D eigenvalue weighted by Crippen LogP contribution is 2.64. The average molecular weight is 385 g/mol. The topological polar surface area (TPSA) is 68.2 Å². The first-order chi connectivity index (χ1) is 13.1. The van der Waals surface area contributed by atoms with Crippen LogP contribution < -0.4 is 0 Å². The van der Waals surface area contributed by atoms with Gasteiger partial charge >= 0.3 is 0 Å². The van der Waals surface area contributed by atoms with E-state index in [1.165, 1.54) is 0 Å². The Hall–Kier alpha value is -2.18. The molecule has 1 unspecified atom stereocenters. The molecule has 3 aromatic rings. The largest absolute Gasteiger partial charge is 0.360 e. The standard InChI is InChI=1S/C20H21ClN4O2/c1-13-9-16(26-23-13)12-25-7-5-20(6-8-25)11-17(20)19-22-18(24-27-19)14-3-2-4-15(21)10-14/h2-4,9-10,17H,5-8,11-12H2,1H3. The second-order valence-electron chi connectivity index (χ2n) is 7.80. The van der Waals surface area contributed by atoms with Gasteiger partial charge in [-0.15, -0.1) is 0 Å². The van der Waals surface area contributed by atoms with Crippen molar-refractivity contribution in [2.75, 3.05) is 13.1 Å². The maximum atomic E-state index is 6.06. The van der Waals surface area contributed by atoms with E-state index in [0.29, 0.717) is 22.2 Å². The van der Waals surface area contributed by atoms with Gasteiger partial charge in [-0.2, -0.15) is 4.98 Å². The molecule has 0 bridgehead atoms. The number of aryl methyl sites for hydroxylation is 1. The summed E-state index contributed by atoms with van der Waals surface area (Å²) in [6.45, 7) is 4.91. The van der Waals surface area contributed by atoms with E-state index in [4.69, 9.17) is 20.6 Å². The van der Waals surface area contributed by atoms with Gasteiger partial charge in [0.1, 0.15) is 0 Å². The van der Waals surface area contributed by atoms with Crippen LogP contribution >= 0.6 is 11.6 Å². The number of piperidine rings is 1. The Labute approximate surface area is 162 Å². The van der Waals surface area contributed by atoms with E-state index in [-0.39, 0.29) is 0 Å². The summed E-state index contributed by atoms with van der Waals surface area (Å²) in [7, 11) is 0. The molecule has 1 saturated carbocycles. The predicted molar refractivity (Wildman–Crippen MR) is 100 cm³/mol.